The van der Waals surface area contributed by atoms with Gasteiger partial charge < -0.3 is 14.6 Å². The van der Waals surface area contributed by atoms with E-state index in [0.717, 1.165) is 19.4 Å². The zero-order valence-corrected chi connectivity index (χ0v) is 8.64. The van der Waals surface area contributed by atoms with Crippen LogP contribution >= 0.6 is 0 Å². The van der Waals surface area contributed by atoms with Crippen LogP contribution in [0.4, 0.5) is 0 Å². The van der Waals surface area contributed by atoms with Crippen molar-refractivity contribution >= 4 is 0 Å². The van der Waals surface area contributed by atoms with Crippen molar-refractivity contribution in [3.8, 4) is 0 Å². The Labute approximate surface area is 83.4 Å². The maximum atomic E-state index is 10.4. The first-order chi connectivity index (χ1) is 6.62. The number of aliphatic hydroxyl groups is 1. The Kier molecular flexibility index (Phi) is 2.28. The maximum Gasteiger partial charge on any atom is 0.165 e. The van der Waals surface area contributed by atoms with E-state index in [-0.39, 0.29) is 0 Å². The summed E-state index contributed by atoms with van der Waals surface area (Å²) in [5.41, 5.74) is -0.821. The van der Waals surface area contributed by atoms with Crippen molar-refractivity contribution < 1.29 is 5.11 Å². The number of hydrogen-bond donors (Lipinski definition) is 1. The van der Waals surface area contributed by atoms with Gasteiger partial charge in [-0.2, -0.15) is 0 Å². The molecule has 1 aliphatic heterocycles. The first kappa shape index (κ1) is 9.61. The molecule has 0 aromatic carbocycles. The van der Waals surface area contributed by atoms with Crippen molar-refractivity contribution in [2.45, 2.75) is 18.4 Å². The van der Waals surface area contributed by atoms with Crippen LogP contribution in [0.15, 0.2) is 6.33 Å². The van der Waals surface area contributed by atoms with E-state index < -0.39 is 5.60 Å². The molecular weight excluding hydrogens is 180 g/mol. The van der Waals surface area contributed by atoms with Gasteiger partial charge in [-0.15, -0.1) is 10.2 Å². The minimum absolute atomic E-state index is 0.638. The number of β-amino-alcohol motifs (C(OH)–C–C–N with tert-alkyl or cyclic N) is 1. The van der Waals surface area contributed by atoms with Crippen LogP contribution in [-0.4, -0.2) is 44.9 Å². The summed E-state index contributed by atoms with van der Waals surface area (Å²) in [4.78, 5) is 2.12. The summed E-state index contributed by atoms with van der Waals surface area (Å²) >= 11 is 0. The summed E-state index contributed by atoms with van der Waals surface area (Å²) < 4.78 is 1.79. The number of rotatable bonds is 1. The van der Waals surface area contributed by atoms with E-state index in [1.807, 2.05) is 14.1 Å². The summed E-state index contributed by atoms with van der Waals surface area (Å²) in [6.45, 7) is 1.68. The fourth-order valence-electron chi connectivity index (χ4n) is 2.13. The van der Waals surface area contributed by atoms with Gasteiger partial charge in [-0.05, 0) is 26.4 Å². The van der Waals surface area contributed by atoms with Crippen LogP contribution in [0.2, 0.25) is 0 Å². The molecule has 2 rings (SSSR count). The molecule has 1 unspecified atom stereocenters. The lowest BCUT2D eigenvalue weighted by atomic mass is 9.92. The second-order valence-electron chi connectivity index (χ2n) is 4.14. The Hall–Kier alpha value is -0.940. The number of aromatic nitrogens is 3. The molecule has 0 spiro atoms. The minimum atomic E-state index is -0.821. The van der Waals surface area contributed by atoms with Crippen LogP contribution in [0.25, 0.3) is 0 Å². The van der Waals surface area contributed by atoms with Crippen molar-refractivity contribution in [3.63, 3.8) is 0 Å². The largest absolute Gasteiger partial charge is 0.380 e. The number of nitrogens with zero attached hydrogens (tertiary/aromatic N) is 4. The smallest absolute Gasteiger partial charge is 0.165 e. The van der Waals surface area contributed by atoms with Gasteiger partial charge in [0, 0.05) is 13.6 Å². The molecule has 1 saturated heterocycles. The second-order valence-corrected chi connectivity index (χ2v) is 4.14. The summed E-state index contributed by atoms with van der Waals surface area (Å²) in [6, 6.07) is 0. The predicted molar refractivity (Wildman–Crippen MR) is 51.6 cm³/mol. The molecule has 1 N–H and O–H groups in total. The Balaban J connectivity index is 2.27. The van der Waals surface area contributed by atoms with Gasteiger partial charge in [0.05, 0.1) is 0 Å². The first-order valence-corrected chi connectivity index (χ1v) is 4.87. The van der Waals surface area contributed by atoms with E-state index in [1.165, 1.54) is 0 Å². The first-order valence-electron chi connectivity index (χ1n) is 4.87. The third kappa shape index (κ3) is 1.53. The normalized spacial score (nSPS) is 29.4. The zero-order chi connectivity index (χ0) is 10.2. The SMILES string of the molecule is CN1CCCC(O)(c2nncn2C)C1. The predicted octanol–water partition coefficient (Wildman–Crippen LogP) is -0.272. The number of aryl methyl sites for hydroxylation is 1. The zero-order valence-electron chi connectivity index (χ0n) is 8.64. The number of piperidine rings is 1. The molecule has 1 aromatic rings. The van der Waals surface area contributed by atoms with Crippen molar-refractivity contribution in [3.05, 3.63) is 12.2 Å². The monoisotopic (exact) mass is 196 g/mol. The van der Waals surface area contributed by atoms with E-state index in [0.29, 0.717) is 12.4 Å². The van der Waals surface area contributed by atoms with Gasteiger partial charge >= 0.3 is 0 Å². The third-order valence-corrected chi connectivity index (χ3v) is 2.79. The molecule has 1 aliphatic rings. The van der Waals surface area contributed by atoms with Crippen molar-refractivity contribution in [1.82, 2.24) is 19.7 Å². The van der Waals surface area contributed by atoms with E-state index in [1.54, 1.807) is 10.9 Å². The third-order valence-electron chi connectivity index (χ3n) is 2.79. The molecule has 5 heteroatoms. The molecule has 1 aromatic heterocycles. The lowest BCUT2D eigenvalue weighted by Crippen LogP contribution is -2.45. The fraction of sp³-hybridized carbons (Fsp3) is 0.778. The van der Waals surface area contributed by atoms with Crippen LogP contribution in [0.1, 0.15) is 18.7 Å². The Morgan fingerprint density at radius 2 is 2.29 bits per heavy atom. The van der Waals surface area contributed by atoms with Gasteiger partial charge in [-0.3, -0.25) is 0 Å². The standard InChI is InChI=1S/C9H16N4O/c1-12-5-3-4-9(14,6-12)8-11-10-7-13(8)2/h7,14H,3-6H2,1-2H3. The summed E-state index contributed by atoms with van der Waals surface area (Å²) in [5, 5.41) is 18.2. The number of hydrogen-bond acceptors (Lipinski definition) is 4. The van der Waals surface area contributed by atoms with Gasteiger partial charge in [0.25, 0.3) is 0 Å². The topological polar surface area (TPSA) is 54.2 Å². The van der Waals surface area contributed by atoms with Crippen molar-refractivity contribution in [2.24, 2.45) is 7.05 Å². The highest BCUT2D eigenvalue weighted by atomic mass is 16.3. The molecule has 0 amide bonds. The maximum absolute atomic E-state index is 10.4. The number of likely N-dealkylation sites (N-methyl/N-ethyl adjacent to an activating group) is 1. The van der Waals surface area contributed by atoms with Crippen molar-refractivity contribution in [1.29, 1.82) is 0 Å². The van der Waals surface area contributed by atoms with Crippen molar-refractivity contribution in [2.75, 3.05) is 20.1 Å². The van der Waals surface area contributed by atoms with Gasteiger partial charge in [0.1, 0.15) is 11.9 Å². The van der Waals surface area contributed by atoms with Crippen LogP contribution in [0.5, 0.6) is 0 Å². The van der Waals surface area contributed by atoms with Gasteiger partial charge in [-0.25, -0.2) is 0 Å². The van der Waals surface area contributed by atoms with E-state index in [2.05, 4.69) is 15.1 Å². The molecule has 14 heavy (non-hydrogen) atoms. The molecule has 2 heterocycles. The Morgan fingerprint density at radius 1 is 1.50 bits per heavy atom. The summed E-state index contributed by atoms with van der Waals surface area (Å²) in [7, 11) is 3.88. The summed E-state index contributed by atoms with van der Waals surface area (Å²) in [5.74, 6) is 0.670. The molecule has 0 aliphatic carbocycles. The van der Waals surface area contributed by atoms with Gasteiger partial charge in [0.2, 0.25) is 0 Å². The van der Waals surface area contributed by atoms with Gasteiger partial charge in [0.15, 0.2) is 5.82 Å². The molecule has 5 nitrogen and oxygen atoms in total. The Morgan fingerprint density at radius 3 is 2.86 bits per heavy atom. The number of likely N-dealkylation sites (tertiary alicyclic amines) is 1. The molecule has 78 valence electrons. The quantitative estimate of drug-likeness (QED) is 0.671. The highest BCUT2D eigenvalue weighted by molar-refractivity contribution is 5.04. The van der Waals surface area contributed by atoms with Crippen LogP contribution in [0, 0.1) is 0 Å². The van der Waals surface area contributed by atoms with E-state index in [9.17, 15) is 5.11 Å². The van der Waals surface area contributed by atoms with Crippen LogP contribution in [-0.2, 0) is 12.6 Å². The second kappa shape index (κ2) is 3.33. The molecule has 1 atom stereocenters. The minimum Gasteiger partial charge on any atom is -0.380 e. The lowest BCUT2D eigenvalue weighted by molar-refractivity contribution is -0.0370. The molecule has 0 radical (unpaired) electrons. The molecule has 0 bridgehead atoms. The van der Waals surface area contributed by atoms with Crippen LogP contribution < -0.4 is 0 Å². The summed E-state index contributed by atoms with van der Waals surface area (Å²) in [6.07, 6.45) is 3.39. The van der Waals surface area contributed by atoms with Crippen LogP contribution in [0.3, 0.4) is 0 Å². The van der Waals surface area contributed by atoms with E-state index in [4.69, 9.17) is 0 Å². The average Bonchev–Trinajstić information content (AvgIpc) is 2.51. The van der Waals surface area contributed by atoms with Gasteiger partial charge in [-0.1, -0.05) is 0 Å². The fourth-order valence-corrected chi connectivity index (χ4v) is 2.13. The molecule has 0 saturated carbocycles. The Bertz CT molecular complexity index is 324. The molecule has 1 fully saturated rings. The highest BCUT2D eigenvalue weighted by Crippen LogP contribution is 2.28. The average molecular weight is 196 g/mol. The highest BCUT2D eigenvalue weighted by Gasteiger charge is 2.37. The lowest BCUT2D eigenvalue weighted by Gasteiger charge is -2.36. The molecular formula is C9H16N4O. The van der Waals surface area contributed by atoms with E-state index >= 15 is 0 Å².